The quantitative estimate of drug-likeness (QED) is 0.316. The van der Waals surface area contributed by atoms with Crippen LogP contribution < -0.4 is 4.74 Å². The van der Waals surface area contributed by atoms with E-state index >= 15 is 0 Å². The van der Waals surface area contributed by atoms with E-state index in [0.29, 0.717) is 15.8 Å². The molecule has 1 aliphatic rings. The summed E-state index contributed by atoms with van der Waals surface area (Å²) in [6.45, 7) is 0.274. The van der Waals surface area contributed by atoms with Crippen LogP contribution in [0.25, 0.3) is 16.8 Å². The smallest absolute Gasteiger partial charge is 0.335 e. The molecule has 1 fully saturated rings. The third kappa shape index (κ3) is 5.01. The minimum atomic E-state index is -0.989. The number of fused-ring (bicyclic) bond motifs is 1. The predicted octanol–water partition coefficient (Wildman–Crippen LogP) is 6.35. The van der Waals surface area contributed by atoms with Crippen molar-refractivity contribution in [3.8, 4) is 5.75 Å². The van der Waals surface area contributed by atoms with Gasteiger partial charge in [-0.1, -0.05) is 48.5 Å². The first-order chi connectivity index (χ1) is 17.5. The van der Waals surface area contributed by atoms with E-state index < -0.39 is 5.97 Å². The van der Waals surface area contributed by atoms with Gasteiger partial charge in [0.25, 0.3) is 5.91 Å². The summed E-state index contributed by atoms with van der Waals surface area (Å²) in [7, 11) is 1.60. The van der Waals surface area contributed by atoms with Crippen LogP contribution in [0.2, 0.25) is 0 Å². The van der Waals surface area contributed by atoms with Crippen LogP contribution >= 0.6 is 11.8 Å². The van der Waals surface area contributed by atoms with Gasteiger partial charge in [0.15, 0.2) is 5.17 Å². The molecule has 7 heteroatoms. The van der Waals surface area contributed by atoms with E-state index in [1.807, 2.05) is 60.7 Å². The number of aromatic carboxylic acids is 1. The lowest BCUT2D eigenvalue weighted by Crippen LogP contribution is -2.28. The predicted molar refractivity (Wildman–Crippen MR) is 144 cm³/mol. The fourth-order valence-electron chi connectivity index (χ4n) is 3.88. The summed E-state index contributed by atoms with van der Waals surface area (Å²) in [5.41, 5.74) is 2.64. The van der Waals surface area contributed by atoms with E-state index in [4.69, 9.17) is 9.73 Å². The highest BCUT2D eigenvalue weighted by Gasteiger charge is 2.33. The number of carboxylic acids is 1. The van der Waals surface area contributed by atoms with Crippen LogP contribution in [0.1, 0.15) is 21.5 Å². The Kier molecular flexibility index (Phi) is 6.56. The minimum Gasteiger partial charge on any atom is -0.497 e. The van der Waals surface area contributed by atoms with Crippen molar-refractivity contribution >= 4 is 51.3 Å². The molecule has 4 aromatic rings. The molecule has 0 bridgehead atoms. The van der Waals surface area contributed by atoms with Gasteiger partial charge in [0.2, 0.25) is 0 Å². The molecule has 36 heavy (non-hydrogen) atoms. The van der Waals surface area contributed by atoms with Crippen molar-refractivity contribution in [2.75, 3.05) is 7.11 Å². The molecule has 0 radical (unpaired) electrons. The highest BCUT2D eigenvalue weighted by atomic mass is 32.2. The van der Waals surface area contributed by atoms with Crippen LogP contribution in [0, 0.1) is 0 Å². The number of aliphatic imine (C=N–C) groups is 1. The van der Waals surface area contributed by atoms with Crippen molar-refractivity contribution < 1.29 is 19.4 Å². The van der Waals surface area contributed by atoms with Crippen molar-refractivity contribution in [2.45, 2.75) is 6.54 Å². The Morgan fingerprint density at radius 3 is 2.39 bits per heavy atom. The normalized spacial score (nSPS) is 15.7. The van der Waals surface area contributed by atoms with Crippen molar-refractivity contribution in [3.63, 3.8) is 0 Å². The third-order valence-corrected chi connectivity index (χ3v) is 6.80. The fraction of sp³-hybridized carbons (Fsp3) is 0.0690. The zero-order valence-corrected chi connectivity index (χ0v) is 20.2. The van der Waals surface area contributed by atoms with E-state index in [-0.39, 0.29) is 18.0 Å². The van der Waals surface area contributed by atoms with Crippen molar-refractivity contribution in [1.82, 2.24) is 4.90 Å². The van der Waals surface area contributed by atoms with Crippen LogP contribution in [0.4, 0.5) is 5.69 Å². The number of benzene rings is 4. The van der Waals surface area contributed by atoms with Gasteiger partial charge in [0.05, 0.1) is 29.8 Å². The van der Waals surface area contributed by atoms with E-state index in [1.54, 1.807) is 24.1 Å². The molecule has 1 N–H and O–H groups in total. The second-order valence-electron chi connectivity index (χ2n) is 8.20. The van der Waals surface area contributed by atoms with Gasteiger partial charge in [-0.15, -0.1) is 0 Å². The lowest BCUT2D eigenvalue weighted by atomic mass is 10.1. The Morgan fingerprint density at radius 1 is 0.972 bits per heavy atom. The first-order valence-electron chi connectivity index (χ1n) is 11.3. The highest BCUT2D eigenvalue weighted by Crippen LogP contribution is 2.36. The van der Waals surface area contributed by atoms with Gasteiger partial charge in [-0.25, -0.2) is 9.79 Å². The molecule has 0 unspecified atom stereocenters. The van der Waals surface area contributed by atoms with Gasteiger partial charge in [-0.3, -0.25) is 9.69 Å². The Balaban J connectivity index is 1.49. The van der Waals surface area contributed by atoms with Crippen LogP contribution in [0.3, 0.4) is 0 Å². The molecule has 5 rings (SSSR count). The van der Waals surface area contributed by atoms with E-state index in [0.717, 1.165) is 27.6 Å². The SMILES string of the molecule is COc1ccc(N=C2S/C(=C\c3ccc4ccccc4c3)C(=O)N2Cc2ccc(C(=O)O)cc2)cc1. The number of ether oxygens (including phenoxy) is 1. The molecule has 0 aliphatic carbocycles. The monoisotopic (exact) mass is 494 g/mol. The Labute approximate surface area is 212 Å². The lowest BCUT2D eigenvalue weighted by Gasteiger charge is -2.16. The number of amidine groups is 1. The topological polar surface area (TPSA) is 79.2 Å². The Hall–Kier alpha value is -4.36. The molecule has 0 aromatic heterocycles. The number of amides is 1. The number of nitrogens with zero attached hydrogens (tertiary/aromatic N) is 2. The minimum absolute atomic E-state index is 0.150. The number of carbonyl (C=O) groups excluding carboxylic acids is 1. The second kappa shape index (κ2) is 10.1. The van der Waals surface area contributed by atoms with Crippen LogP contribution in [0.5, 0.6) is 5.75 Å². The summed E-state index contributed by atoms with van der Waals surface area (Å²) < 4.78 is 5.23. The Morgan fingerprint density at radius 2 is 1.69 bits per heavy atom. The lowest BCUT2D eigenvalue weighted by molar-refractivity contribution is -0.122. The zero-order chi connectivity index (χ0) is 25.1. The first-order valence-corrected chi connectivity index (χ1v) is 12.1. The third-order valence-electron chi connectivity index (χ3n) is 5.80. The number of thioether (sulfide) groups is 1. The summed E-state index contributed by atoms with van der Waals surface area (Å²) in [5.74, 6) is -0.416. The molecule has 1 heterocycles. The van der Waals surface area contributed by atoms with E-state index in [2.05, 4.69) is 12.1 Å². The average molecular weight is 495 g/mol. The molecule has 0 spiro atoms. The van der Waals surface area contributed by atoms with Gasteiger partial charge in [-0.2, -0.15) is 0 Å². The molecule has 4 aromatic carbocycles. The Bertz CT molecular complexity index is 1510. The maximum atomic E-state index is 13.5. The fourth-order valence-corrected chi connectivity index (χ4v) is 4.88. The van der Waals surface area contributed by atoms with Crippen LogP contribution in [-0.2, 0) is 11.3 Å². The number of methoxy groups -OCH3 is 1. The highest BCUT2D eigenvalue weighted by molar-refractivity contribution is 8.18. The molecule has 178 valence electrons. The molecular formula is C29H22N2O4S. The maximum Gasteiger partial charge on any atom is 0.335 e. The molecule has 1 aliphatic heterocycles. The number of hydrogen-bond donors (Lipinski definition) is 1. The van der Waals surface area contributed by atoms with Gasteiger partial charge in [-0.05, 0) is 82.2 Å². The molecule has 0 atom stereocenters. The number of rotatable bonds is 6. The van der Waals surface area contributed by atoms with Crippen molar-refractivity contribution in [2.24, 2.45) is 4.99 Å². The number of carboxylic acid groups (broad SMARTS) is 1. The van der Waals surface area contributed by atoms with Crippen LogP contribution in [0.15, 0.2) is 101 Å². The van der Waals surface area contributed by atoms with E-state index in [9.17, 15) is 14.7 Å². The van der Waals surface area contributed by atoms with Crippen molar-refractivity contribution in [3.05, 3.63) is 113 Å². The van der Waals surface area contributed by atoms with Gasteiger partial charge in [0, 0.05) is 0 Å². The van der Waals surface area contributed by atoms with Crippen LogP contribution in [-0.4, -0.2) is 34.2 Å². The molecule has 0 saturated carbocycles. The average Bonchev–Trinajstić information content (AvgIpc) is 3.18. The number of carbonyl (C=O) groups is 2. The second-order valence-corrected chi connectivity index (χ2v) is 9.21. The zero-order valence-electron chi connectivity index (χ0n) is 19.4. The molecule has 1 saturated heterocycles. The first kappa shape index (κ1) is 23.4. The maximum absolute atomic E-state index is 13.5. The molecular weight excluding hydrogens is 472 g/mol. The largest absolute Gasteiger partial charge is 0.497 e. The van der Waals surface area contributed by atoms with Gasteiger partial charge >= 0.3 is 5.97 Å². The summed E-state index contributed by atoms with van der Waals surface area (Å²) in [5, 5.41) is 12.0. The summed E-state index contributed by atoms with van der Waals surface area (Å²) >= 11 is 1.32. The standard InChI is InChI=1S/C29H22N2O4S/c1-35-25-14-12-24(13-15-25)30-29-31(18-19-6-10-22(11-7-19)28(33)34)27(32)26(36-29)17-20-8-9-21-4-2-3-5-23(21)16-20/h2-17H,18H2,1H3,(H,33,34)/b26-17-,30-29?. The van der Waals surface area contributed by atoms with Crippen molar-refractivity contribution in [1.29, 1.82) is 0 Å². The number of hydrogen-bond acceptors (Lipinski definition) is 5. The summed E-state index contributed by atoms with van der Waals surface area (Å²) in [6.07, 6.45) is 1.89. The van der Waals surface area contributed by atoms with E-state index in [1.165, 1.54) is 23.9 Å². The molecule has 1 amide bonds. The summed E-state index contributed by atoms with van der Waals surface area (Å²) in [4.78, 5) is 31.6. The van der Waals surface area contributed by atoms with Gasteiger partial charge in [0.1, 0.15) is 5.75 Å². The summed E-state index contributed by atoms with van der Waals surface area (Å²) in [6, 6.07) is 28.0. The van der Waals surface area contributed by atoms with Gasteiger partial charge < -0.3 is 9.84 Å². The molecule has 6 nitrogen and oxygen atoms in total.